The fourth-order valence-corrected chi connectivity index (χ4v) is 1.13. The first-order chi connectivity index (χ1) is 4.22. The molecule has 0 saturated carbocycles. The van der Waals surface area contributed by atoms with Crippen LogP contribution in [-0.2, 0) is 0 Å². The maximum atomic E-state index is 10.2. The van der Waals surface area contributed by atoms with E-state index in [1.54, 1.807) is 5.38 Å². The van der Waals surface area contributed by atoms with Crippen molar-refractivity contribution < 1.29 is 9.90 Å². The number of aromatic carboxylic acids is 1. The second-order valence-corrected chi connectivity index (χ2v) is 2.45. The standard InChI is InChI=1S/C5H3BO2S/c6-4-3(5(7)8)1-2-9-4/h1-2H,(H,7,8). The highest BCUT2D eigenvalue weighted by Gasteiger charge is 2.04. The lowest BCUT2D eigenvalue weighted by Crippen LogP contribution is -2.08. The average Bonchev–Trinajstić information content (AvgIpc) is 2.13. The molecule has 0 saturated heterocycles. The van der Waals surface area contributed by atoms with Crippen LogP contribution < -0.4 is 4.78 Å². The lowest BCUT2D eigenvalue weighted by Gasteiger charge is -1.86. The van der Waals surface area contributed by atoms with Crippen LogP contribution in [0.15, 0.2) is 11.4 Å². The number of carboxylic acids is 1. The van der Waals surface area contributed by atoms with Gasteiger partial charge in [-0.25, -0.2) is 4.79 Å². The van der Waals surface area contributed by atoms with Crippen molar-refractivity contribution in [1.82, 2.24) is 0 Å². The molecule has 1 aromatic heterocycles. The summed E-state index contributed by atoms with van der Waals surface area (Å²) in [6, 6.07) is 1.49. The highest BCUT2D eigenvalue weighted by atomic mass is 32.1. The van der Waals surface area contributed by atoms with E-state index in [4.69, 9.17) is 13.0 Å². The molecule has 1 aromatic rings. The molecule has 0 spiro atoms. The molecule has 0 amide bonds. The Labute approximate surface area is 57.5 Å². The Morgan fingerprint density at radius 2 is 2.44 bits per heavy atom. The molecule has 1 rings (SSSR count). The van der Waals surface area contributed by atoms with E-state index in [1.807, 2.05) is 0 Å². The van der Waals surface area contributed by atoms with Crippen LogP contribution in [0.3, 0.4) is 0 Å². The monoisotopic (exact) mass is 138 g/mol. The van der Waals surface area contributed by atoms with E-state index in [0.717, 1.165) is 0 Å². The third-order valence-electron chi connectivity index (χ3n) is 0.926. The van der Waals surface area contributed by atoms with E-state index in [0.29, 0.717) is 4.78 Å². The minimum Gasteiger partial charge on any atom is -0.478 e. The maximum absolute atomic E-state index is 10.2. The van der Waals surface area contributed by atoms with Crippen molar-refractivity contribution in [3.8, 4) is 0 Å². The first-order valence-corrected chi connectivity index (χ1v) is 3.16. The molecule has 2 radical (unpaired) electrons. The van der Waals surface area contributed by atoms with Gasteiger partial charge in [0.15, 0.2) is 0 Å². The molecule has 0 aliphatic carbocycles. The summed E-state index contributed by atoms with van der Waals surface area (Å²) in [4.78, 5) is 10.2. The minimum atomic E-state index is -0.964. The average molecular weight is 138 g/mol. The normalized spacial score (nSPS) is 9.33. The van der Waals surface area contributed by atoms with Crippen molar-refractivity contribution in [1.29, 1.82) is 0 Å². The predicted molar refractivity (Wildman–Crippen MR) is 36.7 cm³/mol. The van der Waals surface area contributed by atoms with Crippen molar-refractivity contribution >= 4 is 29.9 Å². The summed E-state index contributed by atoms with van der Waals surface area (Å²) in [5.41, 5.74) is 0.194. The van der Waals surface area contributed by atoms with Crippen molar-refractivity contribution in [3.63, 3.8) is 0 Å². The van der Waals surface area contributed by atoms with Crippen LogP contribution in [0, 0.1) is 0 Å². The Hall–Kier alpha value is -0.765. The Kier molecular flexibility index (Phi) is 1.57. The second kappa shape index (κ2) is 2.23. The molecule has 1 heterocycles. The number of carbonyl (C=O) groups is 1. The van der Waals surface area contributed by atoms with Gasteiger partial charge in [0.05, 0.1) is 5.56 Å². The predicted octanol–water partition coefficient (Wildman–Crippen LogP) is 0.240. The zero-order valence-corrected chi connectivity index (χ0v) is 5.31. The molecule has 44 valence electrons. The van der Waals surface area contributed by atoms with Gasteiger partial charge < -0.3 is 5.11 Å². The third-order valence-corrected chi connectivity index (χ3v) is 1.67. The van der Waals surface area contributed by atoms with E-state index in [9.17, 15) is 4.79 Å². The highest BCUT2D eigenvalue weighted by molar-refractivity contribution is 7.18. The summed E-state index contributed by atoms with van der Waals surface area (Å²) in [7, 11) is 5.28. The topological polar surface area (TPSA) is 37.3 Å². The molecule has 0 aliphatic rings. The fraction of sp³-hybridized carbons (Fsp3) is 0. The van der Waals surface area contributed by atoms with Crippen LogP contribution in [-0.4, -0.2) is 18.9 Å². The molecule has 0 bridgehead atoms. The first kappa shape index (κ1) is 6.36. The summed E-state index contributed by atoms with van der Waals surface area (Å²) in [6.45, 7) is 0. The number of carboxylic acid groups (broad SMARTS) is 1. The van der Waals surface area contributed by atoms with Crippen LogP contribution in [0.1, 0.15) is 10.4 Å². The van der Waals surface area contributed by atoms with Crippen molar-refractivity contribution in [2.45, 2.75) is 0 Å². The van der Waals surface area contributed by atoms with Crippen molar-refractivity contribution in [2.75, 3.05) is 0 Å². The quantitative estimate of drug-likeness (QED) is 0.564. The van der Waals surface area contributed by atoms with Gasteiger partial charge in [-0.1, -0.05) is 0 Å². The molecule has 4 heteroatoms. The molecule has 0 unspecified atom stereocenters. The van der Waals surface area contributed by atoms with Gasteiger partial charge in [-0.3, -0.25) is 0 Å². The highest BCUT2D eigenvalue weighted by Crippen LogP contribution is 2.00. The number of hydrogen-bond acceptors (Lipinski definition) is 2. The SMILES string of the molecule is [B]c1sccc1C(=O)O. The smallest absolute Gasteiger partial charge is 0.335 e. The van der Waals surface area contributed by atoms with Gasteiger partial charge in [-0.05, 0) is 16.2 Å². The van der Waals surface area contributed by atoms with E-state index < -0.39 is 5.97 Å². The molecule has 2 nitrogen and oxygen atoms in total. The Morgan fingerprint density at radius 3 is 2.67 bits per heavy atom. The van der Waals surface area contributed by atoms with Crippen molar-refractivity contribution in [2.24, 2.45) is 0 Å². The lowest BCUT2D eigenvalue weighted by molar-refractivity contribution is 0.0699. The molecule has 0 fully saturated rings. The van der Waals surface area contributed by atoms with Crippen LogP contribution in [0.2, 0.25) is 0 Å². The van der Waals surface area contributed by atoms with Gasteiger partial charge in [0, 0.05) is 0 Å². The largest absolute Gasteiger partial charge is 0.478 e. The molecule has 1 N–H and O–H groups in total. The summed E-state index contributed by atoms with van der Waals surface area (Å²) >= 11 is 1.23. The summed E-state index contributed by atoms with van der Waals surface area (Å²) in [6.07, 6.45) is 0. The van der Waals surface area contributed by atoms with E-state index in [-0.39, 0.29) is 5.56 Å². The zero-order valence-electron chi connectivity index (χ0n) is 4.50. The molecule has 0 atom stereocenters. The van der Waals surface area contributed by atoms with Crippen LogP contribution in [0.5, 0.6) is 0 Å². The Bertz CT molecular complexity index is 231. The van der Waals surface area contributed by atoms with Crippen molar-refractivity contribution in [3.05, 3.63) is 17.0 Å². The van der Waals surface area contributed by atoms with Crippen LogP contribution in [0.25, 0.3) is 0 Å². The number of rotatable bonds is 1. The van der Waals surface area contributed by atoms with Gasteiger partial charge in [0.25, 0.3) is 0 Å². The molecule has 0 aliphatic heterocycles. The second-order valence-electron chi connectivity index (χ2n) is 1.50. The van der Waals surface area contributed by atoms with Gasteiger partial charge >= 0.3 is 5.97 Å². The molecule has 0 aromatic carbocycles. The molecule has 9 heavy (non-hydrogen) atoms. The maximum Gasteiger partial charge on any atom is 0.335 e. The Morgan fingerprint density at radius 1 is 1.78 bits per heavy atom. The number of hydrogen-bond donors (Lipinski definition) is 1. The summed E-state index contributed by atoms with van der Waals surface area (Å²) < 4.78 is 0.363. The van der Waals surface area contributed by atoms with E-state index in [2.05, 4.69) is 0 Å². The lowest BCUT2D eigenvalue weighted by atomic mass is 10.0. The van der Waals surface area contributed by atoms with Gasteiger partial charge in [-0.2, -0.15) is 11.3 Å². The third kappa shape index (κ3) is 1.13. The summed E-state index contributed by atoms with van der Waals surface area (Å²) in [5.74, 6) is -0.964. The van der Waals surface area contributed by atoms with Gasteiger partial charge in [0.1, 0.15) is 7.85 Å². The van der Waals surface area contributed by atoms with Gasteiger partial charge in [0.2, 0.25) is 0 Å². The first-order valence-electron chi connectivity index (χ1n) is 2.28. The summed E-state index contributed by atoms with van der Waals surface area (Å²) in [5, 5.41) is 10.0. The van der Waals surface area contributed by atoms with E-state index in [1.165, 1.54) is 17.4 Å². The fourth-order valence-electron chi connectivity index (χ4n) is 0.498. The minimum absolute atomic E-state index is 0.194. The van der Waals surface area contributed by atoms with Crippen LogP contribution >= 0.6 is 11.3 Å². The van der Waals surface area contributed by atoms with Crippen LogP contribution in [0.4, 0.5) is 0 Å². The zero-order chi connectivity index (χ0) is 6.85. The Balaban J connectivity index is 3.08. The molecular weight excluding hydrogens is 135 g/mol. The van der Waals surface area contributed by atoms with Gasteiger partial charge in [-0.15, -0.1) is 0 Å². The van der Waals surface area contributed by atoms with E-state index >= 15 is 0 Å². The number of thiophene rings is 1. The molecular formula is C5H3BO2S.